The molecule has 0 atom stereocenters. The molecule has 0 spiro atoms. The van der Waals surface area contributed by atoms with E-state index < -0.39 is 0 Å². The van der Waals surface area contributed by atoms with Gasteiger partial charge < -0.3 is 5.11 Å². The molecule has 3 aromatic rings. The third-order valence-electron chi connectivity index (χ3n) is 4.35. The summed E-state index contributed by atoms with van der Waals surface area (Å²) in [5.41, 5.74) is 2.74. The maximum atomic E-state index is 13.4. The highest BCUT2D eigenvalue weighted by Gasteiger charge is 2.25. The Hall–Kier alpha value is -1.79. The Morgan fingerprint density at radius 3 is 2.86 bits per heavy atom. The van der Waals surface area contributed by atoms with Crippen molar-refractivity contribution in [2.45, 2.75) is 38.7 Å². The topological polar surface area (TPSA) is 50.4 Å². The van der Waals surface area contributed by atoms with Gasteiger partial charge in [-0.25, -0.2) is 13.9 Å². The minimum absolute atomic E-state index is 0.138. The third-order valence-corrected chi connectivity index (χ3v) is 5.42. The summed E-state index contributed by atoms with van der Waals surface area (Å²) in [6, 6.07) is 4.89. The van der Waals surface area contributed by atoms with Gasteiger partial charge in [0.05, 0.1) is 18.0 Å². The largest absolute Gasteiger partial charge is 0.390 e. The Bertz CT molecular complexity index is 851. The summed E-state index contributed by atoms with van der Waals surface area (Å²) in [6.07, 6.45) is 3.64. The van der Waals surface area contributed by atoms with Crippen LogP contribution >= 0.6 is 11.3 Å². The van der Waals surface area contributed by atoms with E-state index in [-0.39, 0.29) is 12.4 Å². The van der Waals surface area contributed by atoms with Crippen molar-refractivity contribution in [3.63, 3.8) is 0 Å². The van der Waals surface area contributed by atoms with Crippen LogP contribution in [0.2, 0.25) is 0 Å². The molecular formula is C16H16FN3OS. The zero-order chi connectivity index (χ0) is 15.3. The van der Waals surface area contributed by atoms with Crippen LogP contribution in [0.3, 0.4) is 0 Å². The van der Waals surface area contributed by atoms with Gasteiger partial charge in [0.1, 0.15) is 10.8 Å². The van der Waals surface area contributed by atoms with Crippen molar-refractivity contribution in [2.24, 2.45) is 0 Å². The van der Waals surface area contributed by atoms with Crippen molar-refractivity contribution in [2.75, 3.05) is 0 Å². The van der Waals surface area contributed by atoms with Gasteiger partial charge in [0.25, 0.3) is 0 Å². The van der Waals surface area contributed by atoms with Crippen LogP contribution in [-0.4, -0.2) is 19.7 Å². The number of nitrogens with zero attached hydrogens (tertiary/aromatic N) is 3. The van der Waals surface area contributed by atoms with Gasteiger partial charge in [0.2, 0.25) is 4.96 Å². The molecule has 0 unspecified atom stereocenters. The standard InChI is InChI=1S/C16H16FN3OS/c1-9-7-11(5-6-12(9)17)14-13(8-21)20-16(18-14)22-15(19-20)10-3-2-4-10/h5-7,10,21H,2-4,8H2,1H3. The maximum absolute atomic E-state index is 13.4. The lowest BCUT2D eigenvalue weighted by Gasteiger charge is -2.21. The first-order chi connectivity index (χ1) is 10.7. The normalized spacial score (nSPS) is 15.4. The van der Waals surface area contributed by atoms with Crippen molar-refractivity contribution in [1.29, 1.82) is 0 Å². The first-order valence-corrected chi connectivity index (χ1v) is 8.24. The van der Waals surface area contributed by atoms with Gasteiger partial charge in [-0.2, -0.15) is 5.10 Å². The van der Waals surface area contributed by atoms with Gasteiger partial charge in [0, 0.05) is 11.5 Å². The number of fused-ring (bicyclic) bond motifs is 1. The van der Waals surface area contributed by atoms with E-state index in [1.54, 1.807) is 34.9 Å². The number of imidazole rings is 1. The third kappa shape index (κ3) is 2.06. The molecule has 0 bridgehead atoms. The molecule has 1 aliphatic rings. The van der Waals surface area contributed by atoms with Crippen LogP contribution in [0.15, 0.2) is 18.2 Å². The van der Waals surface area contributed by atoms with Crippen molar-refractivity contribution < 1.29 is 9.50 Å². The molecule has 0 amide bonds. The summed E-state index contributed by atoms with van der Waals surface area (Å²) in [6.45, 7) is 1.59. The minimum Gasteiger partial charge on any atom is -0.390 e. The van der Waals surface area contributed by atoms with Crippen molar-refractivity contribution >= 4 is 16.3 Å². The number of aliphatic hydroxyl groups excluding tert-OH is 1. The number of hydrogen-bond acceptors (Lipinski definition) is 4. The van der Waals surface area contributed by atoms with Crippen LogP contribution in [0.4, 0.5) is 4.39 Å². The fourth-order valence-corrected chi connectivity index (χ4v) is 3.88. The smallest absolute Gasteiger partial charge is 0.213 e. The Kier molecular flexibility index (Phi) is 3.23. The second-order valence-electron chi connectivity index (χ2n) is 5.79. The van der Waals surface area contributed by atoms with E-state index in [2.05, 4.69) is 10.1 Å². The number of halogens is 1. The molecule has 2 aromatic heterocycles. The molecule has 4 nitrogen and oxygen atoms in total. The molecule has 1 N–H and O–H groups in total. The fourth-order valence-electron chi connectivity index (χ4n) is 2.79. The number of hydrogen-bond donors (Lipinski definition) is 1. The summed E-state index contributed by atoms with van der Waals surface area (Å²) < 4.78 is 15.2. The summed E-state index contributed by atoms with van der Waals surface area (Å²) >= 11 is 1.59. The van der Waals surface area contributed by atoms with E-state index in [0.29, 0.717) is 22.9 Å². The van der Waals surface area contributed by atoms with Gasteiger partial charge in [0.15, 0.2) is 0 Å². The van der Waals surface area contributed by atoms with Crippen molar-refractivity contribution in [3.8, 4) is 11.3 Å². The quantitative estimate of drug-likeness (QED) is 0.802. The SMILES string of the molecule is Cc1cc(-c2nc3sc(C4CCC4)nn3c2CO)ccc1F. The van der Waals surface area contributed by atoms with Gasteiger partial charge in [-0.05, 0) is 43.5 Å². The van der Waals surface area contributed by atoms with Crippen LogP contribution in [-0.2, 0) is 6.61 Å². The lowest BCUT2D eigenvalue weighted by Crippen LogP contribution is -2.09. The minimum atomic E-state index is -0.235. The van der Waals surface area contributed by atoms with E-state index in [0.717, 1.165) is 15.5 Å². The Labute approximate surface area is 131 Å². The molecule has 0 saturated heterocycles. The first kappa shape index (κ1) is 13.8. The highest BCUT2D eigenvalue weighted by atomic mass is 32.1. The molecule has 1 aliphatic carbocycles. The number of rotatable bonds is 3. The molecule has 0 aliphatic heterocycles. The highest BCUT2D eigenvalue weighted by molar-refractivity contribution is 7.16. The Balaban J connectivity index is 1.83. The van der Waals surface area contributed by atoms with Crippen LogP contribution in [0.5, 0.6) is 0 Å². The van der Waals surface area contributed by atoms with Gasteiger partial charge in [-0.3, -0.25) is 0 Å². The van der Waals surface area contributed by atoms with Gasteiger partial charge in [-0.1, -0.05) is 17.8 Å². The van der Waals surface area contributed by atoms with Crippen molar-refractivity contribution in [3.05, 3.63) is 40.3 Å². The highest BCUT2D eigenvalue weighted by Crippen LogP contribution is 2.39. The average molecular weight is 317 g/mol. The second-order valence-corrected chi connectivity index (χ2v) is 6.78. The molecular weight excluding hydrogens is 301 g/mol. The van der Waals surface area contributed by atoms with E-state index in [1.165, 1.54) is 25.3 Å². The number of benzene rings is 1. The predicted molar refractivity (Wildman–Crippen MR) is 83.5 cm³/mol. The summed E-state index contributed by atoms with van der Waals surface area (Å²) in [5, 5.41) is 15.5. The number of aromatic nitrogens is 3. The Morgan fingerprint density at radius 2 is 2.23 bits per heavy atom. The second kappa shape index (κ2) is 5.14. The summed E-state index contributed by atoms with van der Waals surface area (Å²) in [7, 11) is 0. The van der Waals surface area contributed by atoms with E-state index in [9.17, 15) is 9.50 Å². The zero-order valence-electron chi connectivity index (χ0n) is 12.2. The van der Waals surface area contributed by atoms with Crippen LogP contribution in [0.1, 0.15) is 41.4 Å². The monoisotopic (exact) mass is 317 g/mol. The van der Waals surface area contributed by atoms with Gasteiger partial charge in [-0.15, -0.1) is 0 Å². The molecule has 2 heterocycles. The lowest BCUT2D eigenvalue weighted by molar-refractivity contribution is 0.274. The summed E-state index contributed by atoms with van der Waals surface area (Å²) in [5.74, 6) is 0.315. The number of aliphatic hydroxyl groups is 1. The zero-order valence-corrected chi connectivity index (χ0v) is 13.0. The first-order valence-electron chi connectivity index (χ1n) is 7.43. The average Bonchev–Trinajstić information content (AvgIpc) is 2.97. The molecule has 1 aromatic carbocycles. The maximum Gasteiger partial charge on any atom is 0.213 e. The Morgan fingerprint density at radius 1 is 1.41 bits per heavy atom. The lowest BCUT2D eigenvalue weighted by atomic mass is 9.86. The molecule has 1 fully saturated rings. The van der Waals surface area contributed by atoms with Crippen LogP contribution in [0.25, 0.3) is 16.2 Å². The van der Waals surface area contributed by atoms with E-state index in [1.807, 2.05) is 0 Å². The fraction of sp³-hybridized carbons (Fsp3) is 0.375. The molecule has 0 radical (unpaired) electrons. The molecule has 6 heteroatoms. The van der Waals surface area contributed by atoms with Crippen molar-refractivity contribution in [1.82, 2.24) is 14.6 Å². The predicted octanol–water partition coefficient (Wildman–Crippen LogP) is 3.67. The molecule has 1 saturated carbocycles. The van der Waals surface area contributed by atoms with Crippen LogP contribution < -0.4 is 0 Å². The number of aryl methyl sites for hydroxylation is 1. The van der Waals surface area contributed by atoms with Crippen LogP contribution in [0, 0.1) is 12.7 Å². The summed E-state index contributed by atoms with van der Waals surface area (Å²) in [4.78, 5) is 5.42. The van der Waals surface area contributed by atoms with E-state index in [4.69, 9.17) is 0 Å². The molecule has 4 rings (SSSR count). The van der Waals surface area contributed by atoms with E-state index >= 15 is 0 Å². The molecule has 114 valence electrons. The molecule has 22 heavy (non-hydrogen) atoms. The van der Waals surface area contributed by atoms with Gasteiger partial charge >= 0.3 is 0 Å².